The Morgan fingerprint density at radius 2 is 1.65 bits per heavy atom. The van der Waals surface area contributed by atoms with E-state index in [0.29, 0.717) is 22.6 Å². The Kier molecular flexibility index (Phi) is 9.83. The van der Waals surface area contributed by atoms with Crippen molar-refractivity contribution in [2.75, 3.05) is 13.7 Å². The van der Waals surface area contributed by atoms with E-state index in [4.69, 9.17) is 4.74 Å². The van der Waals surface area contributed by atoms with Crippen molar-refractivity contribution in [3.63, 3.8) is 0 Å². The van der Waals surface area contributed by atoms with Gasteiger partial charge in [0.1, 0.15) is 0 Å². The summed E-state index contributed by atoms with van der Waals surface area (Å²) in [7, 11) is 1.89. The minimum absolute atomic E-state index is 0.443. The number of nitrogens with one attached hydrogen (secondary N) is 1. The molecule has 2 fully saturated rings. The zero-order valence-electron chi connectivity index (χ0n) is 22.4. The Bertz CT molecular complexity index is 555. The van der Waals surface area contributed by atoms with E-state index in [1.807, 2.05) is 7.05 Å². The van der Waals surface area contributed by atoms with E-state index in [1.165, 1.54) is 64.2 Å². The van der Waals surface area contributed by atoms with Crippen molar-refractivity contribution in [2.24, 2.45) is 46.3 Å². The summed E-state index contributed by atoms with van der Waals surface area (Å²) in [6, 6.07) is 0. The van der Waals surface area contributed by atoms with Gasteiger partial charge >= 0.3 is 0 Å². The predicted molar refractivity (Wildman–Crippen MR) is 136 cm³/mol. The molecule has 0 aromatic carbocycles. The molecule has 31 heavy (non-hydrogen) atoms. The Balaban J connectivity index is 2.11. The van der Waals surface area contributed by atoms with E-state index in [1.54, 1.807) is 0 Å². The second kappa shape index (κ2) is 11.5. The molecular formula is C29H55NO. The van der Waals surface area contributed by atoms with Crippen LogP contribution in [0.3, 0.4) is 0 Å². The van der Waals surface area contributed by atoms with Gasteiger partial charge in [0, 0.05) is 7.05 Å². The summed E-state index contributed by atoms with van der Waals surface area (Å²) >= 11 is 0. The van der Waals surface area contributed by atoms with Crippen LogP contribution in [0.4, 0.5) is 0 Å². The van der Waals surface area contributed by atoms with E-state index in [-0.39, 0.29) is 0 Å². The van der Waals surface area contributed by atoms with Gasteiger partial charge < -0.3 is 10.1 Å². The lowest BCUT2D eigenvalue weighted by Gasteiger charge is -2.46. The lowest BCUT2D eigenvalue weighted by Crippen LogP contribution is -2.38. The van der Waals surface area contributed by atoms with Crippen LogP contribution in [0, 0.1) is 46.3 Å². The fraction of sp³-hybridized carbons (Fsp3) is 0.931. The first-order chi connectivity index (χ1) is 14.6. The second-order valence-corrected chi connectivity index (χ2v) is 12.2. The molecule has 0 radical (unpaired) electrons. The van der Waals surface area contributed by atoms with Crippen LogP contribution in [0.5, 0.6) is 0 Å². The first-order valence-corrected chi connectivity index (χ1v) is 13.6. The molecule has 2 rings (SSSR count). The Labute approximate surface area is 195 Å². The van der Waals surface area contributed by atoms with Crippen LogP contribution in [0.2, 0.25) is 0 Å². The molecule has 0 spiro atoms. The summed E-state index contributed by atoms with van der Waals surface area (Å²) in [5.74, 6) is 5.54. The zero-order chi connectivity index (χ0) is 23.2. The van der Waals surface area contributed by atoms with Gasteiger partial charge in [-0.05, 0) is 91.4 Å². The van der Waals surface area contributed by atoms with Gasteiger partial charge in [-0.3, -0.25) is 0 Å². The molecule has 0 bridgehead atoms. The molecule has 0 amide bonds. The van der Waals surface area contributed by atoms with Crippen LogP contribution >= 0.6 is 0 Å². The molecule has 7 atom stereocenters. The van der Waals surface area contributed by atoms with Crippen LogP contribution in [0.15, 0.2) is 12.5 Å². The highest BCUT2D eigenvalue weighted by molar-refractivity contribution is 4.99. The van der Waals surface area contributed by atoms with E-state index in [0.717, 1.165) is 36.2 Å². The van der Waals surface area contributed by atoms with Gasteiger partial charge in [-0.2, -0.15) is 0 Å². The van der Waals surface area contributed by atoms with Crippen molar-refractivity contribution < 1.29 is 4.74 Å². The Hall–Kier alpha value is -0.660. The monoisotopic (exact) mass is 433 g/mol. The normalized spacial score (nSPS) is 33.5. The van der Waals surface area contributed by atoms with E-state index < -0.39 is 0 Å². The average Bonchev–Trinajstić information content (AvgIpc) is 3.06. The molecule has 1 N–H and O–H groups in total. The number of ether oxygens (including phenoxy) is 1. The molecule has 2 heteroatoms. The summed E-state index contributed by atoms with van der Waals surface area (Å²) in [5.41, 5.74) is 0.976. The van der Waals surface area contributed by atoms with Crippen molar-refractivity contribution in [1.82, 2.24) is 5.32 Å². The fourth-order valence-corrected chi connectivity index (χ4v) is 8.14. The van der Waals surface area contributed by atoms with Gasteiger partial charge in [-0.1, -0.05) is 74.1 Å². The minimum Gasteiger partial charge on any atom is -0.479 e. The van der Waals surface area contributed by atoms with Crippen molar-refractivity contribution in [3.8, 4) is 0 Å². The molecule has 2 saturated carbocycles. The predicted octanol–water partition coefficient (Wildman–Crippen LogP) is 8.43. The van der Waals surface area contributed by atoms with Crippen molar-refractivity contribution >= 4 is 0 Å². The van der Waals surface area contributed by atoms with Crippen LogP contribution in [-0.2, 0) is 4.74 Å². The average molecular weight is 434 g/mol. The summed E-state index contributed by atoms with van der Waals surface area (Å²) < 4.78 is 5.91. The van der Waals surface area contributed by atoms with Crippen molar-refractivity contribution in [3.05, 3.63) is 12.5 Å². The first kappa shape index (κ1) is 26.6. The van der Waals surface area contributed by atoms with Gasteiger partial charge in [-0.15, -0.1) is 0 Å². The molecule has 2 nitrogen and oxygen atoms in total. The van der Waals surface area contributed by atoms with Crippen LogP contribution in [0.25, 0.3) is 0 Å². The van der Waals surface area contributed by atoms with Crippen LogP contribution < -0.4 is 5.32 Å². The minimum atomic E-state index is 0.443. The number of hydrogen-bond acceptors (Lipinski definition) is 2. The topological polar surface area (TPSA) is 21.3 Å². The first-order valence-electron chi connectivity index (χ1n) is 13.6. The molecule has 6 unspecified atom stereocenters. The maximum absolute atomic E-state index is 5.91. The van der Waals surface area contributed by atoms with Gasteiger partial charge in [0.2, 0.25) is 0 Å². The highest BCUT2D eigenvalue weighted by Gasteiger charge is 2.50. The molecule has 2 aliphatic rings. The zero-order valence-corrected chi connectivity index (χ0v) is 22.4. The number of hydrogen-bond donors (Lipinski definition) is 1. The third-order valence-electron chi connectivity index (χ3n) is 9.80. The second-order valence-electron chi connectivity index (χ2n) is 12.2. The highest BCUT2D eigenvalue weighted by Crippen LogP contribution is 2.58. The smallest absolute Gasteiger partial charge is 0.178 e. The highest BCUT2D eigenvalue weighted by atomic mass is 16.5. The van der Waals surface area contributed by atoms with E-state index >= 15 is 0 Å². The molecule has 0 aromatic rings. The van der Waals surface area contributed by atoms with Gasteiger partial charge in [0.15, 0.2) is 5.88 Å². The summed E-state index contributed by atoms with van der Waals surface area (Å²) in [4.78, 5) is 0. The van der Waals surface area contributed by atoms with E-state index in [2.05, 4.69) is 60.4 Å². The maximum atomic E-state index is 5.91. The quantitative estimate of drug-likeness (QED) is 0.312. The number of rotatable bonds is 12. The molecule has 182 valence electrons. The van der Waals surface area contributed by atoms with Gasteiger partial charge in [-0.25, -0.2) is 0 Å². The fourth-order valence-electron chi connectivity index (χ4n) is 8.14. The van der Waals surface area contributed by atoms with Gasteiger partial charge in [0.05, 0.1) is 6.61 Å². The summed E-state index contributed by atoms with van der Waals surface area (Å²) in [5, 5.41) is 3.03. The summed E-state index contributed by atoms with van der Waals surface area (Å²) in [6.45, 7) is 22.3. The van der Waals surface area contributed by atoms with Crippen molar-refractivity contribution in [2.45, 2.75) is 113 Å². The maximum Gasteiger partial charge on any atom is 0.178 e. The lowest BCUT2D eigenvalue weighted by molar-refractivity contribution is 0.0209. The molecule has 0 heterocycles. The SMILES string of the molecule is C=C(NC)OCC(C)C1CCC(C(C)C[C@H](CC)C2CCCCC2(C)C)C1(C)CCC. The molecule has 2 aliphatic carbocycles. The van der Waals surface area contributed by atoms with E-state index in [9.17, 15) is 0 Å². The van der Waals surface area contributed by atoms with Crippen LogP contribution in [0.1, 0.15) is 113 Å². The summed E-state index contributed by atoms with van der Waals surface area (Å²) in [6.07, 6.45) is 14.0. The third kappa shape index (κ3) is 6.23. The van der Waals surface area contributed by atoms with Crippen LogP contribution in [-0.4, -0.2) is 13.7 Å². The van der Waals surface area contributed by atoms with Crippen molar-refractivity contribution in [1.29, 1.82) is 0 Å². The Morgan fingerprint density at radius 1 is 1.00 bits per heavy atom. The molecular weight excluding hydrogens is 378 g/mol. The molecule has 0 saturated heterocycles. The Morgan fingerprint density at radius 3 is 2.19 bits per heavy atom. The molecule has 0 aliphatic heterocycles. The third-order valence-corrected chi connectivity index (χ3v) is 9.80. The lowest BCUT2D eigenvalue weighted by atomic mass is 9.59. The van der Waals surface area contributed by atoms with Gasteiger partial charge in [0.25, 0.3) is 0 Å². The largest absolute Gasteiger partial charge is 0.479 e. The molecule has 0 aromatic heterocycles. The standard InChI is InChI=1S/C29H55NO/c1-10-17-29(8)25(15-16-26(29)22(4)20-31-23(5)30-9)21(3)19-24(11-2)27-14-12-13-18-28(27,6)7/h21-22,24-27,30H,5,10-20H2,1-4,6-9H3/t21?,22?,24-,25?,26?,27?,29?/m0/s1.